The van der Waals surface area contributed by atoms with Crippen molar-refractivity contribution in [2.45, 2.75) is 39.7 Å². The van der Waals surface area contributed by atoms with Crippen LogP contribution >= 0.6 is 11.3 Å². The van der Waals surface area contributed by atoms with Crippen LogP contribution in [0.15, 0.2) is 6.07 Å². The number of rotatable bonds is 4. The Morgan fingerprint density at radius 1 is 1.43 bits per heavy atom. The van der Waals surface area contributed by atoms with Gasteiger partial charge in [-0.25, -0.2) is 0 Å². The Bertz CT molecular complexity index is 280. The minimum absolute atomic E-state index is 0.752. The van der Waals surface area contributed by atoms with E-state index in [4.69, 9.17) is 0 Å². The van der Waals surface area contributed by atoms with Crippen LogP contribution in [0.1, 0.15) is 35.6 Å². The number of aryl methyl sites for hydroxylation is 2. The summed E-state index contributed by atoms with van der Waals surface area (Å²) in [4.78, 5) is 3.17. The molecule has 0 spiro atoms. The molecule has 1 nitrogen and oxygen atoms in total. The number of hydrogen-bond acceptors (Lipinski definition) is 2. The summed E-state index contributed by atoms with van der Waals surface area (Å²) < 4.78 is 0. The highest BCUT2D eigenvalue weighted by atomic mass is 32.1. The largest absolute Gasteiger partial charge is 0.312 e. The second-order valence-corrected chi connectivity index (χ2v) is 5.76. The number of fused-ring (bicyclic) bond motifs is 1. The molecule has 0 radical (unpaired) electrons. The molecule has 14 heavy (non-hydrogen) atoms. The van der Waals surface area contributed by atoms with E-state index in [0.717, 1.165) is 19.0 Å². The molecular formula is C12H19NS. The Hall–Kier alpha value is -0.340. The highest BCUT2D eigenvalue weighted by Gasteiger charge is 2.14. The predicted molar refractivity (Wildman–Crippen MR) is 62.9 cm³/mol. The molecule has 0 aromatic carbocycles. The summed E-state index contributed by atoms with van der Waals surface area (Å²) in [6, 6.07) is 2.40. The van der Waals surface area contributed by atoms with Crippen molar-refractivity contribution < 1.29 is 0 Å². The Morgan fingerprint density at radius 3 is 3.00 bits per heavy atom. The van der Waals surface area contributed by atoms with Crippen molar-refractivity contribution in [1.82, 2.24) is 5.32 Å². The first-order chi connectivity index (χ1) is 6.75. The van der Waals surface area contributed by atoms with Crippen LogP contribution in [0.4, 0.5) is 0 Å². The average molecular weight is 209 g/mol. The molecular weight excluding hydrogens is 190 g/mol. The lowest BCUT2D eigenvalue weighted by Gasteiger charge is -2.05. The maximum absolute atomic E-state index is 3.50. The van der Waals surface area contributed by atoms with E-state index in [-0.39, 0.29) is 0 Å². The lowest BCUT2D eigenvalue weighted by molar-refractivity contribution is 0.555. The molecule has 0 unspecified atom stereocenters. The fraction of sp³-hybridized carbons (Fsp3) is 0.667. The monoisotopic (exact) mass is 209 g/mol. The van der Waals surface area contributed by atoms with Gasteiger partial charge in [-0.3, -0.25) is 0 Å². The highest BCUT2D eigenvalue weighted by molar-refractivity contribution is 7.12. The van der Waals surface area contributed by atoms with Crippen LogP contribution in [-0.4, -0.2) is 6.54 Å². The van der Waals surface area contributed by atoms with Gasteiger partial charge in [0, 0.05) is 16.3 Å². The van der Waals surface area contributed by atoms with Crippen molar-refractivity contribution in [1.29, 1.82) is 0 Å². The summed E-state index contributed by atoms with van der Waals surface area (Å²) >= 11 is 2.01. The third kappa shape index (κ3) is 2.37. The van der Waals surface area contributed by atoms with Crippen LogP contribution < -0.4 is 5.32 Å². The predicted octanol–water partition coefficient (Wildman–Crippen LogP) is 2.98. The van der Waals surface area contributed by atoms with E-state index >= 15 is 0 Å². The third-order valence-corrected chi connectivity index (χ3v) is 3.89. The maximum Gasteiger partial charge on any atom is 0.0300 e. The second kappa shape index (κ2) is 4.45. The molecule has 1 heterocycles. The molecule has 2 heteroatoms. The summed E-state index contributed by atoms with van der Waals surface area (Å²) in [6.45, 7) is 6.70. The van der Waals surface area contributed by atoms with Gasteiger partial charge in [-0.05, 0) is 43.4 Å². The van der Waals surface area contributed by atoms with E-state index in [1.165, 1.54) is 24.1 Å². The minimum Gasteiger partial charge on any atom is -0.312 e. The summed E-state index contributed by atoms with van der Waals surface area (Å²) in [5.41, 5.74) is 1.62. The van der Waals surface area contributed by atoms with Crippen LogP contribution in [0.25, 0.3) is 0 Å². The van der Waals surface area contributed by atoms with E-state index in [9.17, 15) is 0 Å². The number of nitrogens with one attached hydrogen (secondary N) is 1. The SMILES string of the molecule is CC(C)CNCc1cc2c(s1)CCC2. The Morgan fingerprint density at radius 2 is 2.29 bits per heavy atom. The lowest BCUT2D eigenvalue weighted by Crippen LogP contribution is -2.18. The van der Waals surface area contributed by atoms with Crippen LogP contribution in [-0.2, 0) is 19.4 Å². The summed E-state index contributed by atoms with van der Waals surface area (Å²) in [5.74, 6) is 0.752. The quantitative estimate of drug-likeness (QED) is 0.804. The normalized spacial score (nSPS) is 15.1. The zero-order valence-corrected chi connectivity index (χ0v) is 9.91. The Labute approximate surface area is 90.5 Å². The van der Waals surface area contributed by atoms with Crippen molar-refractivity contribution >= 4 is 11.3 Å². The molecule has 0 bridgehead atoms. The molecule has 0 amide bonds. The standard InChI is InChI=1S/C12H19NS/c1-9(2)7-13-8-11-6-10-4-3-5-12(10)14-11/h6,9,13H,3-5,7-8H2,1-2H3. The Kier molecular flexibility index (Phi) is 3.24. The van der Waals surface area contributed by atoms with E-state index in [2.05, 4.69) is 25.2 Å². The van der Waals surface area contributed by atoms with E-state index in [0.29, 0.717) is 0 Å². The molecule has 1 aromatic rings. The first-order valence-electron chi connectivity index (χ1n) is 5.57. The van der Waals surface area contributed by atoms with Gasteiger partial charge in [0.1, 0.15) is 0 Å². The topological polar surface area (TPSA) is 12.0 Å². The molecule has 1 aliphatic carbocycles. The Balaban J connectivity index is 1.85. The molecule has 1 N–H and O–H groups in total. The molecule has 0 saturated carbocycles. The number of thiophene rings is 1. The van der Waals surface area contributed by atoms with Gasteiger partial charge in [-0.1, -0.05) is 13.8 Å². The molecule has 0 aliphatic heterocycles. The fourth-order valence-corrected chi connectivity index (χ4v) is 3.19. The smallest absolute Gasteiger partial charge is 0.0300 e. The van der Waals surface area contributed by atoms with Gasteiger partial charge in [0.25, 0.3) is 0 Å². The molecule has 2 rings (SSSR count). The van der Waals surface area contributed by atoms with Crippen LogP contribution in [0.3, 0.4) is 0 Å². The second-order valence-electron chi connectivity index (χ2n) is 4.54. The minimum atomic E-state index is 0.752. The molecule has 0 fully saturated rings. The van der Waals surface area contributed by atoms with Crippen molar-refractivity contribution in [2.24, 2.45) is 5.92 Å². The lowest BCUT2D eigenvalue weighted by atomic mass is 10.2. The van der Waals surface area contributed by atoms with Crippen LogP contribution in [0, 0.1) is 5.92 Å². The molecule has 1 aromatic heterocycles. The third-order valence-electron chi connectivity index (χ3n) is 2.65. The highest BCUT2D eigenvalue weighted by Crippen LogP contribution is 2.30. The van der Waals surface area contributed by atoms with Gasteiger partial charge in [0.15, 0.2) is 0 Å². The van der Waals surface area contributed by atoms with Gasteiger partial charge in [0.05, 0.1) is 0 Å². The summed E-state index contributed by atoms with van der Waals surface area (Å²) in [7, 11) is 0. The first kappa shape index (κ1) is 10.2. The summed E-state index contributed by atoms with van der Waals surface area (Å²) in [6.07, 6.45) is 4.01. The van der Waals surface area contributed by atoms with Crippen molar-refractivity contribution in [3.8, 4) is 0 Å². The molecule has 1 aliphatic rings. The van der Waals surface area contributed by atoms with Gasteiger partial charge in [-0.2, -0.15) is 0 Å². The van der Waals surface area contributed by atoms with Gasteiger partial charge in [0.2, 0.25) is 0 Å². The van der Waals surface area contributed by atoms with Crippen LogP contribution in [0.5, 0.6) is 0 Å². The van der Waals surface area contributed by atoms with Crippen molar-refractivity contribution in [3.63, 3.8) is 0 Å². The van der Waals surface area contributed by atoms with Crippen molar-refractivity contribution in [2.75, 3.05) is 6.54 Å². The zero-order valence-electron chi connectivity index (χ0n) is 9.10. The van der Waals surface area contributed by atoms with E-state index in [1.54, 1.807) is 10.4 Å². The van der Waals surface area contributed by atoms with Crippen molar-refractivity contribution in [3.05, 3.63) is 21.4 Å². The molecule has 78 valence electrons. The zero-order chi connectivity index (χ0) is 9.97. The first-order valence-corrected chi connectivity index (χ1v) is 6.38. The van der Waals surface area contributed by atoms with Crippen LogP contribution in [0.2, 0.25) is 0 Å². The van der Waals surface area contributed by atoms with Gasteiger partial charge < -0.3 is 5.32 Å². The maximum atomic E-state index is 3.50. The summed E-state index contributed by atoms with van der Waals surface area (Å²) in [5, 5.41) is 3.50. The van der Waals surface area contributed by atoms with E-state index < -0.39 is 0 Å². The average Bonchev–Trinajstić information content (AvgIpc) is 2.62. The van der Waals surface area contributed by atoms with Gasteiger partial charge >= 0.3 is 0 Å². The molecule has 0 atom stereocenters. The fourth-order valence-electron chi connectivity index (χ4n) is 1.96. The van der Waals surface area contributed by atoms with Gasteiger partial charge in [-0.15, -0.1) is 11.3 Å². The number of hydrogen-bond donors (Lipinski definition) is 1. The van der Waals surface area contributed by atoms with E-state index in [1.807, 2.05) is 11.3 Å². The molecule has 0 saturated heterocycles.